The molecule has 0 unspecified atom stereocenters. The average Bonchev–Trinajstić information content (AvgIpc) is 2.69. The van der Waals surface area contributed by atoms with E-state index in [1.54, 1.807) is 41.4 Å². The van der Waals surface area contributed by atoms with E-state index in [1.165, 1.54) is 6.92 Å². The Balaban J connectivity index is 1.81. The zero-order valence-corrected chi connectivity index (χ0v) is 16.1. The number of rotatable bonds is 6. The molecule has 6 nitrogen and oxygen atoms in total. The van der Waals surface area contributed by atoms with Crippen molar-refractivity contribution in [3.05, 3.63) is 77.6 Å². The molecule has 1 heterocycles. The lowest BCUT2D eigenvalue weighted by Gasteiger charge is -2.21. The van der Waals surface area contributed by atoms with Gasteiger partial charge in [0, 0.05) is 29.7 Å². The van der Waals surface area contributed by atoms with Crippen molar-refractivity contribution in [3.63, 3.8) is 0 Å². The first kappa shape index (κ1) is 19.2. The second-order valence-corrected chi connectivity index (χ2v) is 6.41. The molecule has 0 atom stereocenters. The molecule has 1 amide bonds. The molecule has 0 aliphatic heterocycles. The third-order valence-corrected chi connectivity index (χ3v) is 4.30. The second-order valence-electron chi connectivity index (χ2n) is 6.41. The molecule has 0 aliphatic carbocycles. The van der Waals surface area contributed by atoms with E-state index < -0.39 is 0 Å². The number of aromatic nitrogens is 2. The van der Waals surface area contributed by atoms with Gasteiger partial charge >= 0.3 is 0 Å². The first-order valence-corrected chi connectivity index (χ1v) is 9.07. The monoisotopic (exact) mass is 374 g/mol. The van der Waals surface area contributed by atoms with Crippen LogP contribution < -0.4 is 10.2 Å². The summed E-state index contributed by atoms with van der Waals surface area (Å²) in [7, 11) is 0. The Hall–Kier alpha value is -3.54. The van der Waals surface area contributed by atoms with Crippen molar-refractivity contribution < 1.29 is 9.59 Å². The normalized spacial score (nSPS) is 10.4. The van der Waals surface area contributed by atoms with Crippen LogP contribution in [0.1, 0.15) is 40.3 Å². The molecule has 0 saturated heterocycles. The van der Waals surface area contributed by atoms with E-state index in [2.05, 4.69) is 15.3 Å². The van der Waals surface area contributed by atoms with Gasteiger partial charge in [0.05, 0.1) is 0 Å². The van der Waals surface area contributed by atoms with Gasteiger partial charge in [-0.15, -0.1) is 0 Å². The number of ketones is 1. The average molecular weight is 374 g/mol. The van der Waals surface area contributed by atoms with Gasteiger partial charge in [-0.25, -0.2) is 9.97 Å². The maximum Gasteiger partial charge on any atom is 0.277 e. The maximum atomic E-state index is 13.0. The Morgan fingerprint density at radius 2 is 1.82 bits per heavy atom. The molecule has 0 fully saturated rings. The second kappa shape index (κ2) is 8.43. The highest BCUT2D eigenvalue weighted by Gasteiger charge is 2.18. The van der Waals surface area contributed by atoms with E-state index in [4.69, 9.17) is 0 Å². The van der Waals surface area contributed by atoms with Crippen molar-refractivity contribution in [2.75, 3.05) is 16.8 Å². The summed E-state index contributed by atoms with van der Waals surface area (Å²) in [5.41, 5.74) is 3.59. The lowest BCUT2D eigenvalue weighted by atomic mass is 10.1. The number of nitrogens with zero attached hydrogens (tertiary/aromatic N) is 3. The van der Waals surface area contributed by atoms with E-state index in [1.807, 2.05) is 38.1 Å². The third kappa shape index (κ3) is 4.40. The number of benzene rings is 2. The number of carbonyl (C=O) groups excluding carboxylic acids is 2. The smallest absolute Gasteiger partial charge is 0.277 e. The van der Waals surface area contributed by atoms with E-state index in [-0.39, 0.29) is 11.7 Å². The Kier molecular flexibility index (Phi) is 5.79. The minimum absolute atomic E-state index is 0.00574. The summed E-state index contributed by atoms with van der Waals surface area (Å²) in [6.07, 6.45) is 1.55. The molecule has 0 radical (unpaired) electrons. The number of nitrogens with one attached hydrogen (secondary N) is 1. The standard InChI is InChI=1S/C22H22N4O2/c1-4-26(19-7-5-6-15(2)14-19)21(28)20-12-13-23-22(25-20)24-18-10-8-17(9-11-18)16(3)27/h5-14H,4H2,1-3H3,(H,23,24,25). The molecule has 142 valence electrons. The fourth-order valence-corrected chi connectivity index (χ4v) is 2.83. The first-order valence-electron chi connectivity index (χ1n) is 9.07. The van der Waals surface area contributed by atoms with Crippen LogP contribution in [0.2, 0.25) is 0 Å². The lowest BCUT2D eigenvalue weighted by molar-refractivity contribution is 0.0981. The van der Waals surface area contributed by atoms with E-state index in [9.17, 15) is 9.59 Å². The summed E-state index contributed by atoms with van der Waals surface area (Å²) in [6, 6.07) is 16.4. The van der Waals surface area contributed by atoms with E-state index in [0.29, 0.717) is 23.8 Å². The summed E-state index contributed by atoms with van der Waals surface area (Å²) < 4.78 is 0. The fourth-order valence-electron chi connectivity index (χ4n) is 2.83. The first-order chi connectivity index (χ1) is 13.5. The van der Waals surface area contributed by atoms with Gasteiger partial charge < -0.3 is 10.2 Å². The molecule has 0 spiro atoms. The van der Waals surface area contributed by atoms with E-state index in [0.717, 1.165) is 16.9 Å². The number of hydrogen-bond acceptors (Lipinski definition) is 5. The van der Waals surface area contributed by atoms with Crippen molar-refractivity contribution in [2.45, 2.75) is 20.8 Å². The van der Waals surface area contributed by atoms with Gasteiger partial charge in [0.2, 0.25) is 5.95 Å². The molecular weight excluding hydrogens is 352 g/mol. The van der Waals surface area contributed by atoms with Gasteiger partial charge in [0.25, 0.3) is 5.91 Å². The largest absolute Gasteiger partial charge is 0.324 e. The topological polar surface area (TPSA) is 75.2 Å². The SMILES string of the molecule is CCN(C(=O)c1ccnc(Nc2ccc(C(C)=O)cc2)n1)c1cccc(C)c1. The summed E-state index contributed by atoms with van der Waals surface area (Å²) in [5.74, 6) is 0.137. The van der Waals surface area contributed by atoms with Crippen LogP contribution >= 0.6 is 0 Å². The predicted octanol–water partition coefficient (Wildman–Crippen LogP) is 4.40. The summed E-state index contributed by atoms with van der Waals surface area (Å²) >= 11 is 0. The number of amides is 1. The highest BCUT2D eigenvalue weighted by Crippen LogP contribution is 2.19. The summed E-state index contributed by atoms with van der Waals surface area (Å²) in [5, 5.41) is 3.07. The van der Waals surface area contributed by atoms with Crippen LogP contribution in [0.25, 0.3) is 0 Å². The molecular formula is C22H22N4O2. The van der Waals surface area contributed by atoms with Crippen LogP contribution in [0.5, 0.6) is 0 Å². The lowest BCUT2D eigenvalue weighted by Crippen LogP contribution is -2.31. The third-order valence-electron chi connectivity index (χ3n) is 4.30. The number of Topliss-reactive ketones (excluding diaryl/α,β-unsaturated/α-hetero) is 1. The van der Waals surface area contributed by atoms with Gasteiger partial charge in [-0.3, -0.25) is 9.59 Å². The van der Waals surface area contributed by atoms with Crippen LogP contribution in [0.4, 0.5) is 17.3 Å². The molecule has 0 saturated carbocycles. The Bertz CT molecular complexity index is 999. The Labute approximate surface area is 164 Å². The van der Waals surface area contributed by atoms with Gasteiger partial charge in [-0.1, -0.05) is 12.1 Å². The minimum atomic E-state index is -0.189. The maximum absolute atomic E-state index is 13.0. The number of aryl methyl sites for hydroxylation is 1. The molecule has 2 aromatic carbocycles. The molecule has 1 aromatic heterocycles. The Morgan fingerprint density at radius 1 is 1.07 bits per heavy atom. The Morgan fingerprint density at radius 3 is 2.46 bits per heavy atom. The van der Waals surface area contributed by atoms with Crippen molar-refractivity contribution in [1.82, 2.24) is 9.97 Å². The van der Waals surface area contributed by atoms with Crippen molar-refractivity contribution in [3.8, 4) is 0 Å². The summed E-state index contributed by atoms with van der Waals surface area (Å²) in [6.45, 7) is 5.97. The van der Waals surface area contributed by atoms with E-state index >= 15 is 0 Å². The molecule has 0 aliphatic rings. The van der Waals surface area contributed by atoms with Crippen LogP contribution in [0.3, 0.4) is 0 Å². The van der Waals surface area contributed by atoms with Crippen LogP contribution in [-0.4, -0.2) is 28.2 Å². The summed E-state index contributed by atoms with van der Waals surface area (Å²) in [4.78, 5) is 34.6. The zero-order valence-electron chi connectivity index (χ0n) is 16.1. The predicted molar refractivity (Wildman–Crippen MR) is 110 cm³/mol. The quantitative estimate of drug-likeness (QED) is 0.647. The van der Waals surface area contributed by atoms with Gasteiger partial charge in [0.1, 0.15) is 5.69 Å². The number of carbonyl (C=O) groups is 2. The van der Waals surface area contributed by atoms with Crippen LogP contribution in [0, 0.1) is 6.92 Å². The van der Waals surface area contributed by atoms with Crippen molar-refractivity contribution >= 4 is 29.0 Å². The van der Waals surface area contributed by atoms with Gasteiger partial charge in [-0.2, -0.15) is 0 Å². The van der Waals surface area contributed by atoms with Crippen molar-refractivity contribution in [1.29, 1.82) is 0 Å². The molecule has 3 rings (SSSR count). The highest BCUT2D eigenvalue weighted by atomic mass is 16.2. The minimum Gasteiger partial charge on any atom is -0.324 e. The zero-order chi connectivity index (χ0) is 20.1. The van der Waals surface area contributed by atoms with Gasteiger partial charge in [-0.05, 0) is 68.8 Å². The fraction of sp³-hybridized carbons (Fsp3) is 0.182. The van der Waals surface area contributed by atoms with Gasteiger partial charge in [0.15, 0.2) is 5.78 Å². The number of hydrogen-bond donors (Lipinski definition) is 1. The van der Waals surface area contributed by atoms with Crippen LogP contribution in [-0.2, 0) is 0 Å². The molecule has 28 heavy (non-hydrogen) atoms. The van der Waals surface area contributed by atoms with Crippen molar-refractivity contribution in [2.24, 2.45) is 0 Å². The molecule has 3 aromatic rings. The molecule has 1 N–H and O–H groups in total. The van der Waals surface area contributed by atoms with Crippen LogP contribution in [0.15, 0.2) is 60.8 Å². The molecule has 6 heteroatoms. The highest BCUT2D eigenvalue weighted by molar-refractivity contribution is 6.04. The molecule has 0 bridgehead atoms. The number of anilines is 3.